The standard InChI is InChI=1S/C11H16N2O2/c1-4-6-9(14)12-8(13-10(6)15)7-5-11(7,2)3/h7H,4-5H2,1-3H3,(H2,12,13,14,15). The van der Waals surface area contributed by atoms with Crippen molar-refractivity contribution in [3.8, 4) is 5.88 Å². The van der Waals surface area contributed by atoms with Crippen molar-refractivity contribution in [3.63, 3.8) is 0 Å². The molecular formula is C11H16N2O2. The molecule has 1 unspecified atom stereocenters. The summed E-state index contributed by atoms with van der Waals surface area (Å²) < 4.78 is 0. The summed E-state index contributed by atoms with van der Waals surface area (Å²) >= 11 is 0. The highest BCUT2D eigenvalue weighted by Gasteiger charge is 2.48. The van der Waals surface area contributed by atoms with Crippen LogP contribution in [-0.4, -0.2) is 15.1 Å². The van der Waals surface area contributed by atoms with Gasteiger partial charge in [0.05, 0.1) is 5.56 Å². The van der Waals surface area contributed by atoms with Crippen LogP contribution in [0, 0.1) is 5.41 Å². The molecule has 1 atom stereocenters. The molecule has 0 saturated heterocycles. The van der Waals surface area contributed by atoms with Crippen LogP contribution in [-0.2, 0) is 6.42 Å². The molecular weight excluding hydrogens is 192 g/mol. The van der Waals surface area contributed by atoms with E-state index in [9.17, 15) is 9.90 Å². The Balaban J connectivity index is 2.41. The molecule has 0 spiro atoms. The average molecular weight is 208 g/mol. The Bertz CT molecular complexity index is 448. The van der Waals surface area contributed by atoms with Gasteiger partial charge in [0, 0.05) is 5.92 Å². The van der Waals surface area contributed by atoms with Gasteiger partial charge in [-0.1, -0.05) is 20.8 Å². The zero-order valence-corrected chi connectivity index (χ0v) is 9.29. The summed E-state index contributed by atoms with van der Waals surface area (Å²) in [5.74, 6) is 0.792. The van der Waals surface area contributed by atoms with Gasteiger partial charge < -0.3 is 10.1 Å². The van der Waals surface area contributed by atoms with Crippen LogP contribution in [0.5, 0.6) is 5.88 Å². The van der Waals surface area contributed by atoms with Gasteiger partial charge in [0.1, 0.15) is 5.82 Å². The van der Waals surface area contributed by atoms with Crippen LogP contribution in [0.4, 0.5) is 0 Å². The van der Waals surface area contributed by atoms with Crippen molar-refractivity contribution in [2.24, 2.45) is 5.41 Å². The Kier molecular flexibility index (Phi) is 2.10. The summed E-state index contributed by atoms with van der Waals surface area (Å²) in [5, 5.41) is 9.59. The molecule has 1 fully saturated rings. The second kappa shape index (κ2) is 3.08. The first kappa shape index (κ1) is 10.2. The number of nitrogens with zero attached hydrogens (tertiary/aromatic N) is 1. The van der Waals surface area contributed by atoms with Crippen molar-refractivity contribution in [2.75, 3.05) is 0 Å². The molecule has 1 heterocycles. The third-order valence-corrected chi connectivity index (χ3v) is 3.21. The van der Waals surface area contributed by atoms with Gasteiger partial charge in [0.25, 0.3) is 5.56 Å². The van der Waals surface area contributed by atoms with E-state index in [-0.39, 0.29) is 22.8 Å². The highest BCUT2D eigenvalue weighted by molar-refractivity contribution is 5.26. The summed E-state index contributed by atoms with van der Waals surface area (Å²) in [4.78, 5) is 18.4. The quantitative estimate of drug-likeness (QED) is 0.775. The van der Waals surface area contributed by atoms with Crippen LogP contribution < -0.4 is 5.56 Å². The second-order valence-corrected chi connectivity index (χ2v) is 4.85. The summed E-state index contributed by atoms with van der Waals surface area (Å²) in [6, 6.07) is 0. The van der Waals surface area contributed by atoms with Crippen molar-refractivity contribution < 1.29 is 5.11 Å². The Morgan fingerprint density at radius 2 is 2.20 bits per heavy atom. The minimum atomic E-state index is -0.206. The van der Waals surface area contributed by atoms with Crippen LogP contribution in [0.1, 0.15) is 44.5 Å². The summed E-state index contributed by atoms with van der Waals surface area (Å²) in [6.07, 6.45) is 1.52. The van der Waals surface area contributed by atoms with Gasteiger partial charge in [-0.15, -0.1) is 0 Å². The smallest absolute Gasteiger partial charge is 0.257 e. The lowest BCUT2D eigenvalue weighted by atomic mass is 10.1. The van der Waals surface area contributed by atoms with Crippen LogP contribution in [0.3, 0.4) is 0 Å². The largest absolute Gasteiger partial charge is 0.493 e. The van der Waals surface area contributed by atoms with Crippen molar-refractivity contribution in [2.45, 2.75) is 39.5 Å². The lowest BCUT2D eigenvalue weighted by Gasteiger charge is -2.05. The monoisotopic (exact) mass is 208 g/mol. The van der Waals surface area contributed by atoms with Gasteiger partial charge in [-0.3, -0.25) is 4.79 Å². The molecule has 0 bridgehead atoms. The maximum absolute atomic E-state index is 11.6. The van der Waals surface area contributed by atoms with Gasteiger partial charge in [-0.2, -0.15) is 4.98 Å². The normalized spacial score (nSPS) is 22.7. The van der Waals surface area contributed by atoms with Crippen molar-refractivity contribution in [1.29, 1.82) is 0 Å². The zero-order valence-electron chi connectivity index (χ0n) is 9.29. The van der Waals surface area contributed by atoms with Gasteiger partial charge >= 0.3 is 0 Å². The maximum atomic E-state index is 11.6. The molecule has 1 saturated carbocycles. The van der Waals surface area contributed by atoms with E-state index in [1.807, 2.05) is 6.92 Å². The van der Waals surface area contributed by atoms with Gasteiger partial charge in [-0.25, -0.2) is 0 Å². The second-order valence-electron chi connectivity index (χ2n) is 4.85. The van der Waals surface area contributed by atoms with Crippen LogP contribution >= 0.6 is 0 Å². The Labute approximate surface area is 88.4 Å². The molecule has 1 aromatic heterocycles. The molecule has 4 nitrogen and oxygen atoms in total. The molecule has 2 rings (SSSR count). The number of rotatable bonds is 2. The van der Waals surface area contributed by atoms with Gasteiger partial charge in [-0.05, 0) is 18.3 Å². The van der Waals surface area contributed by atoms with E-state index in [2.05, 4.69) is 23.8 Å². The van der Waals surface area contributed by atoms with Crippen LogP contribution in [0.15, 0.2) is 4.79 Å². The third-order valence-electron chi connectivity index (χ3n) is 3.21. The predicted octanol–water partition coefficient (Wildman–Crippen LogP) is 1.55. The van der Waals surface area contributed by atoms with E-state index < -0.39 is 0 Å². The number of H-pyrrole nitrogens is 1. The molecule has 0 amide bonds. The number of aromatic amines is 1. The topological polar surface area (TPSA) is 66.0 Å². The molecule has 1 aliphatic carbocycles. The fourth-order valence-electron chi connectivity index (χ4n) is 1.92. The fourth-order valence-corrected chi connectivity index (χ4v) is 1.92. The van der Waals surface area contributed by atoms with E-state index in [4.69, 9.17) is 0 Å². The molecule has 4 heteroatoms. The number of nitrogens with one attached hydrogen (secondary N) is 1. The lowest BCUT2D eigenvalue weighted by Crippen LogP contribution is -2.16. The Morgan fingerprint density at radius 3 is 2.60 bits per heavy atom. The molecule has 0 radical (unpaired) electrons. The van der Waals surface area contributed by atoms with E-state index in [0.29, 0.717) is 17.8 Å². The maximum Gasteiger partial charge on any atom is 0.257 e. The Hall–Kier alpha value is -1.32. The van der Waals surface area contributed by atoms with Crippen LogP contribution in [0.2, 0.25) is 0 Å². The Morgan fingerprint density at radius 1 is 1.60 bits per heavy atom. The summed E-state index contributed by atoms with van der Waals surface area (Å²) in [5.41, 5.74) is 0.371. The van der Waals surface area contributed by atoms with Gasteiger partial charge in [0.15, 0.2) is 0 Å². The molecule has 15 heavy (non-hydrogen) atoms. The van der Waals surface area contributed by atoms with E-state index in [1.165, 1.54) is 0 Å². The first-order chi connectivity index (χ1) is 6.95. The van der Waals surface area contributed by atoms with E-state index in [1.54, 1.807) is 0 Å². The zero-order chi connectivity index (χ0) is 11.2. The van der Waals surface area contributed by atoms with Gasteiger partial charge in [0.2, 0.25) is 5.88 Å². The van der Waals surface area contributed by atoms with Crippen molar-refractivity contribution in [1.82, 2.24) is 9.97 Å². The summed E-state index contributed by atoms with van der Waals surface area (Å²) in [6.45, 7) is 6.08. The van der Waals surface area contributed by atoms with E-state index in [0.717, 1.165) is 6.42 Å². The highest BCUT2D eigenvalue weighted by atomic mass is 16.3. The first-order valence-electron chi connectivity index (χ1n) is 5.27. The minimum absolute atomic E-state index is 0.112. The number of aromatic hydroxyl groups is 1. The van der Waals surface area contributed by atoms with Crippen LogP contribution in [0.25, 0.3) is 0 Å². The number of aromatic nitrogens is 2. The molecule has 2 N–H and O–H groups in total. The fraction of sp³-hybridized carbons (Fsp3) is 0.636. The molecule has 82 valence electrons. The minimum Gasteiger partial charge on any atom is -0.493 e. The number of hydrogen-bond donors (Lipinski definition) is 2. The predicted molar refractivity (Wildman–Crippen MR) is 57.0 cm³/mol. The molecule has 0 aromatic carbocycles. The van der Waals surface area contributed by atoms with Crippen molar-refractivity contribution in [3.05, 3.63) is 21.7 Å². The van der Waals surface area contributed by atoms with Crippen molar-refractivity contribution >= 4 is 0 Å². The summed E-state index contributed by atoms with van der Waals surface area (Å²) in [7, 11) is 0. The SMILES string of the molecule is CCc1c(O)nc(C2CC2(C)C)[nH]c1=O. The molecule has 1 aliphatic rings. The number of hydrogen-bond acceptors (Lipinski definition) is 3. The molecule has 0 aliphatic heterocycles. The molecule has 1 aromatic rings. The average Bonchev–Trinajstić information content (AvgIpc) is 2.74. The third kappa shape index (κ3) is 1.64. The highest BCUT2D eigenvalue weighted by Crippen LogP contribution is 2.57. The lowest BCUT2D eigenvalue weighted by molar-refractivity contribution is 0.438. The first-order valence-corrected chi connectivity index (χ1v) is 5.27. The van der Waals surface area contributed by atoms with E-state index >= 15 is 0 Å².